The van der Waals surface area contributed by atoms with Gasteiger partial charge in [-0.25, -0.2) is 4.98 Å². The van der Waals surface area contributed by atoms with Crippen LogP contribution in [0.4, 0.5) is 0 Å². The molecule has 0 aliphatic carbocycles. The summed E-state index contributed by atoms with van der Waals surface area (Å²) in [7, 11) is 1.23. The first kappa shape index (κ1) is 15.8. The van der Waals surface area contributed by atoms with Crippen molar-refractivity contribution in [3.8, 4) is 5.88 Å². The first-order valence-electron chi connectivity index (χ1n) is 7.82. The Balaban J connectivity index is 1.92. The smallest absolute Gasteiger partial charge is 0.481 e. The van der Waals surface area contributed by atoms with E-state index in [1.165, 1.54) is 0 Å². The van der Waals surface area contributed by atoms with E-state index in [1.54, 1.807) is 7.11 Å². The quantitative estimate of drug-likeness (QED) is 0.798. The van der Waals surface area contributed by atoms with Crippen LogP contribution in [0.3, 0.4) is 0 Å². The van der Waals surface area contributed by atoms with Crippen molar-refractivity contribution in [3.63, 3.8) is 0 Å². The molecule has 1 aromatic rings. The fourth-order valence-corrected chi connectivity index (χ4v) is 2.74. The van der Waals surface area contributed by atoms with E-state index in [9.17, 15) is 0 Å². The van der Waals surface area contributed by atoms with Crippen LogP contribution in [0.1, 0.15) is 45.7 Å². The molecule has 5 nitrogen and oxygen atoms in total. The molecule has 0 radical (unpaired) electrons. The van der Waals surface area contributed by atoms with Crippen LogP contribution in [0, 0.1) is 0 Å². The number of methoxy groups -OCH3 is 1. The fraction of sp³-hybridized carbons (Fsp3) is 0.688. The number of rotatable bonds is 3. The lowest BCUT2D eigenvalue weighted by molar-refractivity contribution is 0.00578. The minimum absolute atomic E-state index is 0.316. The Morgan fingerprint density at radius 2 is 1.86 bits per heavy atom. The summed E-state index contributed by atoms with van der Waals surface area (Å²) in [6, 6.07) is 3.95. The maximum atomic E-state index is 6.13. The van der Waals surface area contributed by atoms with Crippen molar-refractivity contribution in [2.24, 2.45) is 0 Å². The normalized spacial score (nSPS) is 26.4. The fourth-order valence-electron chi connectivity index (χ4n) is 2.74. The van der Waals surface area contributed by atoms with Crippen LogP contribution in [-0.4, -0.2) is 43.6 Å². The van der Waals surface area contributed by atoms with Crippen LogP contribution in [0.15, 0.2) is 12.1 Å². The SMILES string of the molecule is COc1cc(B2OC(C)(C)C(C)(C)O2)cc(C2CCOC2)n1. The Morgan fingerprint density at radius 1 is 1.18 bits per heavy atom. The van der Waals surface area contributed by atoms with Crippen LogP contribution in [0.5, 0.6) is 5.88 Å². The summed E-state index contributed by atoms with van der Waals surface area (Å²) < 4.78 is 23.1. The molecule has 1 unspecified atom stereocenters. The molecule has 1 atom stereocenters. The van der Waals surface area contributed by atoms with Gasteiger partial charge in [-0.2, -0.15) is 0 Å². The Hall–Kier alpha value is -1.11. The predicted octanol–water partition coefficient (Wildman–Crippen LogP) is 1.89. The van der Waals surface area contributed by atoms with Crippen LogP contribution in [0.25, 0.3) is 0 Å². The largest absolute Gasteiger partial charge is 0.495 e. The second-order valence-corrected chi connectivity index (χ2v) is 7.02. The van der Waals surface area contributed by atoms with Gasteiger partial charge in [0.1, 0.15) is 0 Å². The average molecular weight is 305 g/mol. The molecule has 0 aromatic carbocycles. The average Bonchev–Trinajstić information content (AvgIpc) is 3.05. The van der Waals surface area contributed by atoms with Crippen molar-refractivity contribution in [1.29, 1.82) is 0 Å². The van der Waals surface area contributed by atoms with E-state index in [2.05, 4.69) is 38.7 Å². The molecule has 3 heterocycles. The van der Waals surface area contributed by atoms with Gasteiger partial charge < -0.3 is 18.8 Å². The molecule has 0 amide bonds. The van der Waals surface area contributed by atoms with Crippen molar-refractivity contribution in [3.05, 3.63) is 17.8 Å². The summed E-state index contributed by atoms with van der Waals surface area (Å²) in [5, 5.41) is 0. The van der Waals surface area contributed by atoms with Crippen LogP contribution < -0.4 is 10.2 Å². The van der Waals surface area contributed by atoms with E-state index in [0.717, 1.165) is 24.2 Å². The zero-order valence-electron chi connectivity index (χ0n) is 14.0. The van der Waals surface area contributed by atoms with Crippen LogP contribution in [-0.2, 0) is 14.0 Å². The Morgan fingerprint density at radius 3 is 2.41 bits per heavy atom. The van der Waals surface area contributed by atoms with E-state index in [1.807, 2.05) is 6.07 Å². The first-order valence-corrected chi connectivity index (χ1v) is 7.82. The second kappa shape index (κ2) is 5.51. The highest BCUT2D eigenvalue weighted by atomic mass is 16.7. The van der Waals surface area contributed by atoms with Gasteiger partial charge in [0.25, 0.3) is 0 Å². The summed E-state index contributed by atoms with van der Waals surface area (Å²) in [6.45, 7) is 9.71. The number of hydrogen-bond donors (Lipinski definition) is 0. The molecule has 0 N–H and O–H groups in total. The Kier molecular flexibility index (Phi) is 3.95. The van der Waals surface area contributed by atoms with Gasteiger partial charge in [0.05, 0.1) is 24.9 Å². The van der Waals surface area contributed by atoms with Gasteiger partial charge in [-0.1, -0.05) is 0 Å². The lowest BCUT2D eigenvalue weighted by Gasteiger charge is -2.32. The zero-order chi connectivity index (χ0) is 16.0. The van der Waals surface area contributed by atoms with Gasteiger partial charge >= 0.3 is 7.12 Å². The van der Waals surface area contributed by atoms with Crippen molar-refractivity contribution >= 4 is 12.6 Å². The lowest BCUT2D eigenvalue weighted by Crippen LogP contribution is -2.41. The monoisotopic (exact) mass is 305 g/mol. The third-order valence-electron chi connectivity index (χ3n) is 4.93. The molecule has 0 saturated carbocycles. The summed E-state index contributed by atoms with van der Waals surface area (Å²) in [6.07, 6.45) is 0.989. The Bertz CT molecular complexity index is 539. The molecule has 2 fully saturated rings. The molecule has 3 rings (SSSR count). The molecule has 22 heavy (non-hydrogen) atoms. The van der Waals surface area contributed by atoms with Gasteiger partial charge in [0.2, 0.25) is 5.88 Å². The molecule has 0 spiro atoms. The minimum Gasteiger partial charge on any atom is -0.481 e. The standard InChI is InChI=1S/C16H24BNO4/c1-15(2)16(3,4)22-17(21-15)12-8-13(11-6-7-20-10-11)18-14(9-12)19-5/h8-9,11H,6-7,10H2,1-5H3. The maximum absolute atomic E-state index is 6.13. The zero-order valence-corrected chi connectivity index (χ0v) is 14.0. The molecule has 2 aliphatic rings. The topological polar surface area (TPSA) is 49.8 Å². The van der Waals surface area contributed by atoms with E-state index in [0.29, 0.717) is 18.4 Å². The van der Waals surface area contributed by atoms with Crippen LogP contribution in [0.2, 0.25) is 0 Å². The van der Waals surface area contributed by atoms with E-state index in [-0.39, 0.29) is 11.2 Å². The molecule has 0 bridgehead atoms. The van der Waals surface area contributed by atoms with Crippen molar-refractivity contribution in [2.45, 2.75) is 51.2 Å². The van der Waals surface area contributed by atoms with E-state index < -0.39 is 7.12 Å². The predicted molar refractivity (Wildman–Crippen MR) is 84.7 cm³/mol. The molecular formula is C16H24BNO4. The molecule has 1 aromatic heterocycles. The minimum atomic E-state index is -0.400. The summed E-state index contributed by atoms with van der Waals surface area (Å²) in [5.41, 5.74) is 1.23. The van der Waals surface area contributed by atoms with Crippen LogP contribution >= 0.6 is 0 Å². The molecular weight excluding hydrogens is 281 g/mol. The van der Waals surface area contributed by atoms with Crippen molar-refractivity contribution in [2.75, 3.05) is 20.3 Å². The summed E-state index contributed by atoms with van der Waals surface area (Å²) in [5.74, 6) is 0.908. The number of ether oxygens (including phenoxy) is 2. The van der Waals surface area contributed by atoms with E-state index >= 15 is 0 Å². The third-order valence-corrected chi connectivity index (χ3v) is 4.93. The Labute approximate surface area is 132 Å². The second-order valence-electron chi connectivity index (χ2n) is 7.02. The number of nitrogens with zero attached hydrogens (tertiary/aromatic N) is 1. The molecule has 2 aliphatic heterocycles. The number of aromatic nitrogens is 1. The van der Waals surface area contributed by atoms with Crippen molar-refractivity contribution < 1.29 is 18.8 Å². The highest BCUT2D eigenvalue weighted by molar-refractivity contribution is 6.62. The summed E-state index contributed by atoms with van der Waals surface area (Å²) in [4.78, 5) is 4.56. The van der Waals surface area contributed by atoms with Gasteiger partial charge in [-0.15, -0.1) is 0 Å². The highest BCUT2D eigenvalue weighted by Crippen LogP contribution is 2.37. The number of pyridine rings is 1. The molecule has 120 valence electrons. The van der Waals surface area contributed by atoms with Crippen molar-refractivity contribution in [1.82, 2.24) is 4.98 Å². The number of hydrogen-bond acceptors (Lipinski definition) is 5. The summed E-state index contributed by atoms with van der Waals surface area (Å²) >= 11 is 0. The van der Waals surface area contributed by atoms with Gasteiger partial charge in [-0.05, 0) is 45.6 Å². The first-order chi connectivity index (χ1) is 10.3. The highest BCUT2D eigenvalue weighted by Gasteiger charge is 2.52. The van der Waals surface area contributed by atoms with Gasteiger partial charge in [-0.3, -0.25) is 0 Å². The van der Waals surface area contributed by atoms with Gasteiger partial charge in [0, 0.05) is 24.3 Å². The van der Waals surface area contributed by atoms with Gasteiger partial charge in [0.15, 0.2) is 0 Å². The molecule has 6 heteroatoms. The van der Waals surface area contributed by atoms with E-state index in [4.69, 9.17) is 18.8 Å². The third kappa shape index (κ3) is 2.75. The lowest BCUT2D eigenvalue weighted by atomic mass is 9.78. The maximum Gasteiger partial charge on any atom is 0.495 e. The molecule has 2 saturated heterocycles.